The predicted octanol–water partition coefficient (Wildman–Crippen LogP) is 5.03. The summed E-state index contributed by atoms with van der Waals surface area (Å²) in [5.74, 6) is 1.28. The molecule has 0 aliphatic rings. The zero-order chi connectivity index (χ0) is 15.0. The molecule has 0 radical (unpaired) electrons. The Balaban J connectivity index is 2.33. The predicted molar refractivity (Wildman–Crippen MR) is 89.0 cm³/mol. The highest BCUT2D eigenvalue weighted by molar-refractivity contribution is 9.10. The number of methoxy groups -OCH3 is 1. The van der Waals surface area contributed by atoms with Gasteiger partial charge in [0.1, 0.15) is 10.9 Å². The van der Waals surface area contributed by atoms with E-state index in [0.717, 1.165) is 32.3 Å². The van der Waals surface area contributed by atoms with Crippen molar-refractivity contribution in [1.82, 2.24) is 9.97 Å². The third-order valence-corrected chi connectivity index (χ3v) is 4.24. The number of halogens is 2. The van der Waals surface area contributed by atoms with Crippen LogP contribution in [0.25, 0.3) is 22.3 Å². The van der Waals surface area contributed by atoms with E-state index < -0.39 is 0 Å². The van der Waals surface area contributed by atoms with Crippen molar-refractivity contribution in [3.8, 4) is 17.1 Å². The summed E-state index contributed by atoms with van der Waals surface area (Å²) in [6.07, 6.45) is 0. The fourth-order valence-electron chi connectivity index (χ4n) is 2.24. The highest BCUT2D eigenvalue weighted by Crippen LogP contribution is 2.34. The fourth-order valence-corrected chi connectivity index (χ4v) is 3.13. The van der Waals surface area contributed by atoms with Crippen LogP contribution in [0.3, 0.4) is 0 Å². The van der Waals surface area contributed by atoms with Crippen LogP contribution in [-0.4, -0.2) is 17.1 Å². The van der Waals surface area contributed by atoms with Gasteiger partial charge in [-0.2, -0.15) is 0 Å². The minimum atomic E-state index is 0.427. The van der Waals surface area contributed by atoms with E-state index in [1.165, 1.54) is 0 Å². The van der Waals surface area contributed by atoms with Crippen LogP contribution in [0.15, 0.2) is 40.9 Å². The maximum Gasteiger partial charge on any atom is 0.165 e. The number of fused-ring (bicyclic) bond motifs is 1. The van der Waals surface area contributed by atoms with Gasteiger partial charge in [0.2, 0.25) is 0 Å². The summed E-state index contributed by atoms with van der Waals surface area (Å²) < 4.78 is 6.26. The van der Waals surface area contributed by atoms with Gasteiger partial charge in [0.15, 0.2) is 5.82 Å². The summed E-state index contributed by atoms with van der Waals surface area (Å²) in [6, 6.07) is 11.6. The second-order valence-corrected chi connectivity index (χ2v) is 5.84. The number of aromatic nitrogens is 2. The van der Waals surface area contributed by atoms with Gasteiger partial charge in [-0.15, -0.1) is 0 Å². The van der Waals surface area contributed by atoms with Crippen molar-refractivity contribution < 1.29 is 4.74 Å². The van der Waals surface area contributed by atoms with Gasteiger partial charge in [-0.25, -0.2) is 9.97 Å². The summed E-state index contributed by atoms with van der Waals surface area (Å²) in [6.45, 7) is 2.00. The zero-order valence-corrected chi connectivity index (χ0v) is 13.9. The summed E-state index contributed by atoms with van der Waals surface area (Å²) in [5.41, 5.74) is 2.71. The van der Waals surface area contributed by atoms with Crippen LogP contribution >= 0.6 is 27.5 Å². The van der Waals surface area contributed by atoms with Crippen molar-refractivity contribution in [2.45, 2.75) is 6.92 Å². The minimum Gasteiger partial charge on any atom is -0.496 e. The first-order valence-corrected chi connectivity index (χ1v) is 7.54. The van der Waals surface area contributed by atoms with E-state index in [1.54, 1.807) is 7.11 Å². The van der Waals surface area contributed by atoms with Gasteiger partial charge >= 0.3 is 0 Å². The third kappa shape index (κ3) is 2.49. The van der Waals surface area contributed by atoms with Gasteiger partial charge in [-0.3, -0.25) is 0 Å². The van der Waals surface area contributed by atoms with Crippen molar-refractivity contribution in [2.75, 3.05) is 7.11 Å². The van der Waals surface area contributed by atoms with E-state index >= 15 is 0 Å². The average Bonchev–Trinajstić information content (AvgIpc) is 2.50. The Kier molecular flexibility index (Phi) is 3.83. The first-order valence-electron chi connectivity index (χ1n) is 6.37. The lowest BCUT2D eigenvalue weighted by atomic mass is 10.1. The lowest BCUT2D eigenvalue weighted by molar-refractivity contribution is 0.416. The SMILES string of the molecule is COc1ccccc1-c1nc(Cl)c2c(Br)ccc(C)c2n1. The molecule has 5 heteroatoms. The molecule has 3 rings (SSSR count). The molecule has 0 N–H and O–H groups in total. The number of para-hydroxylation sites is 1. The summed E-state index contributed by atoms with van der Waals surface area (Å²) in [5, 5.41) is 1.26. The Morgan fingerprint density at radius 2 is 1.86 bits per heavy atom. The topological polar surface area (TPSA) is 35.0 Å². The van der Waals surface area contributed by atoms with Gasteiger partial charge in [-0.05, 0) is 46.6 Å². The molecule has 0 fully saturated rings. The van der Waals surface area contributed by atoms with Crippen molar-refractivity contribution in [3.05, 3.63) is 51.6 Å². The van der Waals surface area contributed by atoms with Crippen molar-refractivity contribution in [2.24, 2.45) is 0 Å². The highest BCUT2D eigenvalue weighted by atomic mass is 79.9. The van der Waals surface area contributed by atoms with Gasteiger partial charge in [-0.1, -0.05) is 29.8 Å². The van der Waals surface area contributed by atoms with Crippen LogP contribution in [0.5, 0.6) is 5.75 Å². The minimum absolute atomic E-state index is 0.427. The molecule has 0 spiro atoms. The molecule has 3 nitrogen and oxygen atoms in total. The molecule has 0 atom stereocenters. The lowest BCUT2D eigenvalue weighted by Gasteiger charge is -2.10. The summed E-state index contributed by atoms with van der Waals surface area (Å²) >= 11 is 9.86. The smallest absolute Gasteiger partial charge is 0.165 e. The zero-order valence-electron chi connectivity index (χ0n) is 11.5. The molecule has 0 saturated heterocycles. The largest absolute Gasteiger partial charge is 0.496 e. The Bertz CT molecular complexity index is 836. The van der Waals surface area contributed by atoms with Crippen molar-refractivity contribution in [3.63, 3.8) is 0 Å². The average molecular weight is 364 g/mol. The second-order valence-electron chi connectivity index (χ2n) is 4.63. The quantitative estimate of drug-likeness (QED) is 0.599. The molecule has 0 amide bonds. The van der Waals surface area contributed by atoms with Gasteiger partial charge in [0, 0.05) is 4.47 Å². The number of hydrogen-bond acceptors (Lipinski definition) is 3. The van der Waals surface area contributed by atoms with E-state index in [4.69, 9.17) is 16.3 Å². The van der Waals surface area contributed by atoms with Crippen LogP contribution in [-0.2, 0) is 0 Å². The van der Waals surface area contributed by atoms with Gasteiger partial charge in [0.25, 0.3) is 0 Å². The molecule has 1 aromatic heterocycles. The molecule has 0 aliphatic heterocycles. The maximum atomic E-state index is 6.36. The van der Waals surface area contributed by atoms with Crippen LogP contribution in [0.1, 0.15) is 5.56 Å². The Morgan fingerprint density at radius 3 is 2.62 bits per heavy atom. The lowest BCUT2D eigenvalue weighted by Crippen LogP contribution is -1.96. The molecule has 0 saturated carbocycles. The third-order valence-electron chi connectivity index (χ3n) is 3.30. The summed E-state index contributed by atoms with van der Waals surface area (Å²) in [7, 11) is 1.63. The number of aryl methyl sites for hydroxylation is 1. The highest BCUT2D eigenvalue weighted by Gasteiger charge is 2.14. The molecular formula is C16H12BrClN2O. The molecule has 2 aromatic carbocycles. The van der Waals surface area contributed by atoms with E-state index in [0.29, 0.717) is 11.0 Å². The molecule has 106 valence electrons. The van der Waals surface area contributed by atoms with Crippen molar-refractivity contribution >= 4 is 38.4 Å². The molecule has 0 unspecified atom stereocenters. The number of hydrogen-bond donors (Lipinski definition) is 0. The Labute approximate surface area is 136 Å². The van der Waals surface area contributed by atoms with E-state index in [1.807, 2.05) is 43.3 Å². The number of ether oxygens (including phenoxy) is 1. The number of rotatable bonds is 2. The molecule has 0 bridgehead atoms. The van der Waals surface area contributed by atoms with E-state index in [9.17, 15) is 0 Å². The fraction of sp³-hybridized carbons (Fsp3) is 0.125. The molecule has 21 heavy (non-hydrogen) atoms. The Hall–Kier alpha value is -1.65. The number of benzene rings is 2. The Morgan fingerprint density at radius 1 is 1.10 bits per heavy atom. The van der Waals surface area contributed by atoms with Gasteiger partial charge < -0.3 is 4.74 Å². The maximum absolute atomic E-state index is 6.36. The molecular weight excluding hydrogens is 352 g/mol. The molecule has 0 aliphatic carbocycles. The van der Waals surface area contributed by atoms with E-state index in [2.05, 4.69) is 25.9 Å². The van der Waals surface area contributed by atoms with Crippen LogP contribution < -0.4 is 4.74 Å². The van der Waals surface area contributed by atoms with Crippen LogP contribution in [0.4, 0.5) is 0 Å². The molecule has 3 aromatic rings. The first-order chi connectivity index (χ1) is 10.1. The van der Waals surface area contributed by atoms with Crippen molar-refractivity contribution in [1.29, 1.82) is 0 Å². The summed E-state index contributed by atoms with van der Waals surface area (Å²) in [4.78, 5) is 9.10. The standard InChI is InChI=1S/C16H12BrClN2O/c1-9-7-8-11(17)13-14(9)19-16(20-15(13)18)10-5-3-4-6-12(10)21-2/h3-8H,1-2H3. The van der Waals surface area contributed by atoms with Gasteiger partial charge in [0.05, 0.1) is 23.6 Å². The normalized spacial score (nSPS) is 10.9. The van der Waals surface area contributed by atoms with E-state index in [-0.39, 0.29) is 0 Å². The second kappa shape index (κ2) is 5.62. The number of nitrogens with zero attached hydrogens (tertiary/aromatic N) is 2. The van der Waals surface area contributed by atoms with Crippen LogP contribution in [0.2, 0.25) is 5.15 Å². The molecule has 1 heterocycles. The van der Waals surface area contributed by atoms with Crippen LogP contribution in [0, 0.1) is 6.92 Å². The monoisotopic (exact) mass is 362 g/mol. The first kappa shape index (κ1) is 14.3.